The van der Waals surface area contributed by atoms with E-state index in [1.165, 1.54) is 13.1 Å². The summed E-state index contributed by atoms with van der Waals surface area (Å²) >= 11 is 3.99. The minimum Gasteiger partial charge on any atom is -0.505 e. The van der Waals surface area contributed by atoms with Crippen LogP contribution in [0.25, 0.3) is 0 Å². The Balaban J connectivity index is 3.25. The number of carbonyl (C=O) groups is 2. The van der Waals surface area contributed by atoms with E-state index in [0.29, 0.717) is 12.8 Å². The molecule has 0 aliphatic carbocycles. The number of hydrogen-bond acceptors (Lipinski definition) is 9. The van der Waals surface area contributed by atoms with E-state index in [1.807, 2.05) is 0 Å². The number of unbranched alkanes of at least 4 members (excludes halogenated alkanes) is 1. The molecule has 1 aromatic rings. The fraction of sp³-hybridized carbons (Fsp3) is 0.529. The summed E-state index contributed by atoms with van der Waals surface area (Å²) in [7, 11) is -4.84. The molecule has 0 saturated carbocycles. The Morgan fingerprint density at radius 3 is 2.50 bits per heavy atom. The molecule has 0 aromatic carbocycles. The van der Waals surface area contributed by atoms with Gasteiger partial charge in [0.25, 0.3) is 0 Å². The number of amidine groups is 1. The molecule has 32 heavy (non-hydrogen) atoms. The Bertz CT molecular complexity index is 893. The number of aliphatic carboxylic acids is 2. The van der Waals surface area contributed by atoms with Crippen LogP contribution >= 0.6 is 20.5 Å². The lowest BCUT2D eigenvalue weighted by Crippen LogP contribution is -2.43. The van der Waals surface area contributed by atoms with Crippen LogP contribution in [0.15, 0.2) is 11.2 Å². The van der Waals surface area contributed by atoms with E-state index in [2.05, 4.69) is 32.4 Å². The van der Waals surface area contributed by atoms with Crippen LogP contribution in [0.3, 0.4) is 0 Å². The third-order valence-electron chi connectivity index (χ3n) is 4.24. The highest BCUT2D eigenvalue weighted by atomic mass is 32.1. The van der Waals surface area contributed by atoms with E-state index < -0.39 is 38.5 Å². The number of hydrogen-bond donors (Lipinski definition) is 8. The van der Waals surface area contributed by atoms with Crippen LogP contribution in [0.5, 0.6) is 5.75 Å². The SMILES string of the molecule is Cc1ncc(COP(=O)(O)O)c(C(=NCCCC[C@H](N)C(=O)O)N[C@@H](CS)C(=O)O)c1O. The van der Waals surface area contributed by atoms with Crippen LogP contribution in [0, 0.1) is 6.92 Å². The monoisotopic (exact) mass is 494 g/mol. The molecule has 13 nitrogen and oxygen atoms in total. The van der Waals surface area contributed by atoms with Gasteiger partial charge in [0.15, 0.2) is 0 Å². The maximum atomic E-state index is 11.5. The van der Waals surface area contributed by atoms with E-state index in [9.17, 15) is 24.4 Å². The van der Waals surface area contributed by atoms with Crippen LogP contribution in [-0.2, 0) is 25.3 Å². The summed E-state index contributed by atoms with van der Waals surface area (Å²) in [6.07, 6.45) is 2.27. The summed E-state index contributed by atoms with van der Waals surface area (Å²) in [6, 6.07) is -2.21. The van der Waals surface area contributed by atoms with Crippen molar-refractivity contribution >= 4 is 38.2 Å². The number of phosphoric acid groups is 1. The molecule has 0 spiro atoms. The zero-order chi connectivity index (χ0) is 24.5. The summed E-state index contributed by atoms with van der Waals surface area (Å²) in [5.74, 6) is -2.93. The Kier molecular flexibility index (Phi) is 11.1. The van der Waals surface area contributed by atoms with E-state index >= 15 is 0 Å². The van der Waals surface area contributed by atoms with Gasteiger partial charge in [-0.3, -0.25) is 19.3 Å². The van der Waals surface area contributed by atoms with Crippen molar-refractivity contribution in [2.45, 2.75) is 44.9 Å². The topological polar surface area (TPSA) is 225 Å². The van der Waals surface area contributed by atoms with Crippen LogP contribution < -0.4 is 11.1 Å². The molecule has 1 aromatic heterocycles. The molecular formula is C17H27N4O9PS. The van der Waals surface area contributed by atoms with Gasteiger partial charge in [0.05, 0.1) is 17.9 Å². The number of aryl methyl sites for hydroxylation is 1. The van der Waals surface area contributed by atoms with Crippen LogP contribution in [0.4, 0.5) is 0 Å². The largest absolute Gasteiger partial charge is 0.505 e. The molecule has 0 unspecified atom stereocenters. The van der Waals surface area contributed by atoms with Gasteiger partial charge in [0.2, 0.25) is 0 Å². The average Bonchev–Trinajstić information content (AvgIpc) is 2.70. The first-order chi connectivity index (χ1) is 14.9. The Hall–Kier alpha value is -2.22. The minimum atomic E-state index is -4.84. The summed E-state index contributed by atoms with van der Waals surface area (Å²) < 4.78 is 15.6. The normalized spacial score (nSPS) is 14.1. The number of aromatic nitrogens is 1. The number of carboxylic acid groups (broad SMARTS) is 2. The Morgan fingerprint density at radius 2 is 1.97 bits per heavy atom. The molecule has 1 rings (SSSR count). The van der Waals surface area contributed by atoms with Crippen molar-refractivity contribution in [2.75, 3.05) is 12.3 Å². The van der Waals surface area contributed by atoms with Crippen LogP contribution in [-0.4, -0.2) is 72.2 Å². The van der Waals surface area contributed by atoms with Gasteiger partial charge in [-0.15, -0.1) is 0 Å². The number of aromatic hydroxyl groups is 1. The lowest BCUT2D eigenvalue weighted by atomic mass is 10.1. The molecule has 0 radical (unpaired) electrons. The number of carboxylic acids is 2. The number of rotatable bonds is 13. The van der Waals surface area contributed by atoms with Gasteiger partial charge >= 0.3 is 19.8 Å². The highest BCUT2D eigenvalue weighted by molar-refractivity contribution is 7.80. The second-order valence-electron chi connectivity index (χ2n) is 6.75. The summed E-state index contributed by atoms with van der Waals surface area (Å²) in [6.45, 7) is 0.963. The summed E-state index contributed by atoms with van der Waals surface area (Å²) in [4.78, 5) is 48.5. The van der Waals surface area contributed by atoms with Crippen molar-refractivity contribution in [2.24, 2.45) is 10.7 Å². The van der Waals surface area contributed by atoms with Crippen molar-refractivity contribution < 1.29 is 43.8 Å². The third-order valence-corrected chi connectivity index (χ3v) is 5.07. The number of pyridine rings is 1. The minimum absolute atomic E-state index is 0.0266. The van der Waals surface area contributed by atoms with E-state index in [4.69, 9.17) is 20.6 Å². The van der Waals surface area contributed by atoms with Crippen LogP contribution in [0.2, 0.25) is 0 Å². The first-order valence-corrected chi connectivity index (χ1v) is 11.5. The maximum Gasteiger partial charge on any atom is 0.469 e. The Labute approximate surface area is 189 Å². The zero-order valence-electron chi connectivity index (χ0n) is 17.2. The van der Waals surface area contributed by atoms with Gasteiger partial charge in [-0.2, -0.15) is 12.6 Å². The van der Waals surface area contributed by atoms with Crippen molar-refractivity contribution in [3.63, 3.8) is 0 Å². The van der Waals surface area contributed by atoms with Gasteiger partial charge in [0.1, 0.15) is 23.7 Å². The lowest BCUT2D eigenvalue weighted by molar-refractivity contribution is -0.139. The van der Waals surface area contributed by atoms with Gasteiger partial charge in [-0.1, -0.05) is 0 Å². The number of aliphatic imine (C=N–C) groups is 1. The second-order valence-corrected chi connectivity index (χ2v) is 8.35. The van der Waals surface area contributed by atoms with Crippen LogP contribution in [0.1, 0.15) is 36.1 Å². The quantitative estimate of drug-likeness (QED) is 0.0596. The highest BCUT2D eigenvalue weighted by Crippen LogP contribution is 2.38. The van der Waals surface area contributed by atoms with Crippen molar-refractivity contribution in [3.05, 3.63) is 23.0 Å². The lowest BCUT2D eigenvalue weighted by Gasteiger charge is -2.20. The zero-order valence-corrected chi connectivity index (χ0v) is 19.0. The molecule has 8 N–H and O–H groups in total. The molecule has 1 heterocycles. The molecule has 0 aliphatic heterocycles. The molecule has 15 heteroatoms. The molecule has 180 valence electrons. The van der Waals surface area contributed by atoms with Gasteiger partial charge in [0, 0.05) is 24.1 Å². The van der Waals surface area contributed by atoms with E-state index in [-0.39, 0.29) is 47.1 Å². The summed E-state index contributed by atoms with van der Waals surface area (Å²) in [5.41, 5.74) is 5.65. The predicted molar refractivity (Wildman–Crippen MR) is 117 cm³/mol. The van der Waals surface area contributed by atoms with Gasteiger partial charge in [-0.25, -0.2) is 9.36 Å². The second kappa shape index (κ2) is 12.7. The number of nitrogens with zero attached hydrogens (tertiary/aromatic N) is 2. The Morgan fingerprint density at radius 1 is 1.31 bits per heavy atom. The molecule has 0 saturated heterocycles. The smallest absolute Gasteiger partial charge is 0.469 e. The van der Waals surface area contributed by atoms with Crippen molar-refractivity contribution in [1.29, 1.82) is 0 Å². The molecule has 2 atom stereocenters. The molecule has 0 aliphatic rings. The fourth-order valence-electron chi connectivity index (χ4n) is 2.50. The van der Waals surface area contributed by atoms with Gasteiger partial charge in [-0.05, 0) is 26.2 Å². The number of nitrogens with two attached hydrogens (primary N) is 1. The van der Waals surface area contributed by atoms with E-state index in [0.717, 1.165) is 0 Å². The molecule has 0 fully saturated rings. The number of phosphoric ester groups is 1. The number of thiol groups is 1. The maximum absolute atomic E-state index is 11.5. The van der Waals surface area contributed by atoms with Gasteiger partial charge < -0.3 is 36.2 Å². The van der Waals surface area contributed by atoms with Crippen molar-refractivity contribution in [3.8, 4) is 5.75 Å². The standard InChI is InChI=1S/C17H27N4O9PS/c1-9-14(22)13(10(6-20-9)7-30-31(27,28)29)15(21-12(8-32)17(25)26)19-5-3-2-4-11(18)16(23)24/h6,11-12,22,32H,2-5,7-8,18H2,1H3,(H,19,21)(H,23,24)(H,25,26)(H2,27,28,29)/t11-,12-/m0/s1. The molecular weight excluding hydrogens is 467 g/mol. The van der Waals surface area contributed by atoms with E-state index in [1.54, 1.807) is 0 Å². The van der Waals surface area contributed by atoms with Crippen molar-refractivity contribution in [1.82, 2.24) is 10.3 Å². The summed E-state index contributed by atoms with van der Waals surface area (Å²) in [5, 5.41) is 31.4. The fourth-order valence-corrected chi connectivity index (χ4v) is 3.05. The first kappa shape index (κ1) is 27.8. The average molecular weight is 494 g/mol. The highest BCUT2D eigenvalue weighted by Gasteiger charge is 2.25. The molecule has 0 bridgehead atoms. The predicted octanol–water partition coefficient (Wildman–Crippen LogP) is 0.00632. The third kappa shape index (κ3) is 9.10. The molecule has 0 amide bonds. The first-order valence-electron chi connectivity index (χ1n) is 9.38. The number of nitrogens with one attached hydrogen (secondary N) is 1.